The van der Waals surface area contributed by atoms with E-state index in [2.05, 4.69) is 15.8 Å². The summed E-state index contributed by atoms with van der Waals surface area (Å²) in [5, 5.41) is 18.0. The van der Waals surface area contributed by atoms with E-state index in [0.717, 1.165) is 22.6 Å². The second-order valence-electron chi connectivity index (χ2n) is 7.62. The van der Waals surface area contributed by atoms with Crippen LogP contribution in [0.5, 0.6) is 11.5 Å². The molecule has 1 amide bonds. The molecule has 31 heavy (non-hydrogen) atoms. The van der Waals surface area contributed by atoms with Crippen LogP contribution in [0.25, 0.3) is 0 Å². The van der Waals surface area contributed by atoms with Gasteiger partial charge in [0, 0.05) is 31.0 Å². The van der Waals surface area contributed by atoms with Gasteiger partial charge in [0.2, 0.25) is 5.91 Å². The molecule has 1 aliphatic rings. The highest BCUT2D eigenvalue weighted by Gasteiger charge is 2.21. The van der Waals surface area contributed by atoms with Gasteiger partial charge >= 0.3 is 0 Å². The summed E-state index contributed by atoms with van der Waals surface area (Å²) in [5.41, 5.74) is 5.36. The number of rotatable bonds is 10. The molecule has 2 aromatic rings. The Hall–Kier alpha value is -2.61. The molecule has 0 aliphatic carbocycles. The molecule has 3 N–H and O–H groups in total. The van der Waals surface area contributed by atoms with Gasteiger partial charge in [-0.1, -0.05) is 36.7 Å². The number of aryl methyl sites for hydroxylation is 1. The number of hydrogen-bond acceptors (Lipinski definition) is 6. The summed E-state index contributed by atoms with van der Waals surface area (Å²) < 4.78 is 11.4. The maximum Gasteiger partial charge on any atom is 0.240 e. The Morgan fingerprint density at radius 3 is 2.94 bits per heavy atom. The van der Waals surface area contributed by atoms with Gasteiger partial charge < -0.3 is 19.9 Å². The van der Waals surface area contributed by atoms with E-state index in [1.807, 2.05) is 50.2 Å². The topological polar surface area (TPSA) is 92.2 Å². The van der Waals surface area contributed by atoms with Crippen molar-refractivity contribution < 1.29 is 19.4 Å². The molecule has 1 aliphatic heterocycles. The van der Waals surface area contributed by atoms with Crippen molar-refractivity contribution in [2.45, 2.75) is 26.4 Å². The van der Waals surface area contributed by atoms with Crippen molar-refractivity contribution in [1.82, 2.24) is 10.7 Å². The average Bonchev–Trinajstić information content (AvgIpc) is 2.74. The number of carbonyl (C=O) groups is 1. The van der Waals surface area contributed by atoms with E-state index in [1.54, 1.807) is 6.07 Å². The minimum Gasteiger partial charge on any atom is -0.492 e. The number of hydrogen-bond donors (Lipinski definition) is 3. The number of nitrogens with zero attached hydrogens (tertiary/aromatic N) is 1. The van der Waals surface area contributed by atoms with Crippen molar-refractivity contribution in [3.63, 3.8) is 0 Å². The van der Waals surface area contributed by atoms with E-state index in [1.165, 1.54) is 0 Å². The summed E-state index contributed by atoms with van der Waals surface area (Å²) in [6, 6.07) is 13.2. The summed E-state index contributed by atoms with van der Waals surface area (Å²) in [6.07, 6.45) is -0.239. The Morgan fingerprint density at radius 2 is 2.13 bits per heavy atom. The van der Waals surface area contributed by atoms with Crippen LogP contribution >= 0.6 is 11.6 Å². The highest BCUT2D eigenvalue weighted by Crippen LogP contribution is 2.25. The number of aliphatic hydroxyl groups is 1. The molecule has 3 rings (SSSR count). The lowest BCUT2D eigenvalue weighted by Crippen LogP contribution is -2.33. The summed E-state index contributed by atoms with van der Waals surface area (Å²) in [6.45, 7) is 5.48. The van der Waals surface area contributed by atoms with Gasteiger partial charge in [-0.05, 0) is 36.8 Å². The van der Waals surface area contributed by atoms with Crippen LogP contribution in [-0.2, 0) is 4.79 Å². The number of ether oxygens (including phenoxy) is 2. The normalized spacial score (nSPS) is 17.0. The summed E-state index contributed by atoms with van der Waals surface area (Å²) in [5.74, 6) is 1.29. The molecule has 1 heterocycles. The van der Waals surface area contributed by atoms with Crippen LogP contribution < -0.4 is 20.2 Å². The van der Waals surface area contributed by atoms with E-state index in [9.17, 15) is 9.90 Å². The van der Waals surface area contributed by atoms with E-state index >= 15 is 0 Å². The fourth-order valence-electron chi connectivity index (χ4n) is 3.22. The molecular formula is C23H28ClN3O4. The van der Waals surface area contributed by atoms with Gasteiger partial charge in [-0.3, -0.25) is 4.79 Å². The first kappa shape index (κ1) is 23.1. The number of amides is 1. The maximum atomic E-state index is 11.4. The zero-order valence-electron chi connectivity index (χ0n) is 17.7. The lowest BCUT2D eigenvalue weighted by atomic mass is 9.94. The van der Waals surface area contributed by atoms with Crippen LogP contribution in [0.15, 0.2) is 47.6 Å². The highest BCUT2D eigenvalue weighted by atomic mass is 35.5. The molecular weight excluding hydrogens is 418 g/mol. The number of halogens is 1. The van der Waals surface area contributed by atoms with Crippen LogP contribution in [0.2, 0.25) is 5.02 Å². The highest BCUT2D eigenvalue weighted by molar-refractivity contribution is 6.32. The minimum absolute atomic E-state index is 0.0593. The monoisotopic (exact) mass is 445 g/mol. The molecule has 7 nitrogen and oxygen atoms in total. The van der Waals surface area contributed by atoms with Crippen molar-refractivity contribution in [2.24, 2.45) is 11.0 Å². The minimum atomic E-state index is -0.666. The first-order valence-corrected chi connectivity index (χ1v) is 10.7. The van der Waals surface area contributed by atoms with Gasteiger partial charge in [0.15, 0.2) is 0 Å². The molecule has 0 fully saturated rings. The fourth-order valence-corrected chi connectivity index (χ4v) is 3.40. The summed E-state index contributed by atoms with van der Waals surface area (Å²) >= 11 is 6.09. The molecule has 2 unspecified atom stereocenters. The van der Waals surface area contributed by atoms with E-state index in [-0.39, 0.29) is 18.4 Å². The quantitative estimate of drug-likeness (QED) is 0.489. The number of aliphatic hydroxyl groups excluding tert-OH is 1. The molecule has 0 saturated carbocycles. The van der Waals surface area contributed by atoms with Crippen molar-refractivity contribution >= 4 is 23.2 Å². The van der Waals surface area contributed by atoms with E-state index in [4.69, 9.17) is 21.1 Å². The summed E-state index contributed by atoms with van der Waals surface area (Å²) in [7, 11) is 0. The molecule has 166 valence electrons. The van der Waals surface area contributed by atoms with Crippen LogP contribution in [0.1, 0.15) is 24.5 Å². The van der Waals surface area contributed by atoms with Crippen molar-refractivity contribution in [3.8, 4) is 11.5 Å². The third-order valence-electron chi connectivity index (χ3n) is 4.83. The third-order valence-corrected chi connectivity index (χ3v) is 5.15. The molecule has 0 radical (unpaired) electrons. The van der Waals surface area contributed by atoms with Crippen LogP contribution in [0, 0.1) is 12.8 Å². The Bertz CT molecular complexity index is 935. The molecule has 2 aromatic carbocycles. The number of hydrazone groups is 1. The van der Waals surface area contributed by atoms with Crippen molar-refractivity contribution in [1.29, 1.82) is 0 Å². The molecule has 8 heteroatoms. The first-order valence-electron chi connectivity index (χ1n) is 10.3. The molecule has 0 bridgehead atoms. The number of carbonyl (C=O) groups excluding carboxylic acids is 1. The van der Waals surface area contributed by atoms with Gasteiger partial charge in [-0.25, -0.2) is 5.43 Å². The number of benzene rings is 2. The average molecular weight is 446 g/mol. The molecule has 2 atom stereocenters. The first-order chi connectivity index (χ1) is 14.9. The van der Waals surface area contributed by atoms with E-state index in [0.29, 0.717) is 36.9 Å². The predicted octanol–water partition coefficient (Wildman–Crippen LogP) is 2.92. The van der Waals surface area contributed by atoms with Crippen molar-refractivity contribution in [3.05, 3.63) is 58.6 Å². The smallest absolute Gasteiger partial charge is 0.240 e. The third kappa shape index (κ3) is 6.95. The Labute approximate surface area is 187 Å². The molecule has 0 saturated heterocycles. The molecule has 0 spiro atoms. The lowest BCUT2D eigenvalue weighted by Gasteiger charge is -2.19. The van der Waals surface area contributed by atoms with Gasteiger partial charge in [-0.15, -0.1) is 0 Å². The fraction of sp³-hybridized carbons (Fsp3) is 0.391. The van der Waals surface area contributed by atoms with Crippen LogP contribution in [0.3, 0.4) is 0 Å². The van der Waals surface area contributed by atoms with Gasteiger partial charge in [0.25, 0.3) is 0 Å². The Morgan fingerprint density at radius 1 is 1.29 bits per heavy atom. The standard InChI is InChI=1S/C23H28ClN3O4/c1-15-6-7-20(24)21(10-15)31-14-18(28)13-25-8-9-30-19-5-3-4-17(12-19)23-16(2)11-22(29)26-27-23/h3-7,10,12,16,18,25,28H,8-9,11,13-14H2,1-2H3,(H,26,29). The zero-order valence-corrected chi connectivity index (χ0v) is 18.5. The number of nitrogens with one attached hydrogen (secondary N) is 2. The second kappa shape index (κ2) is 11.1. The molecule has 0 aromatic heterocycles. The summed E-state index contributed by atoms with van der Waals surface area (Å²) in [4.78, 5) is 11.4. The Kier molecular flexibility index (Phi) is 8.28. The SMILES string of the molecule is Cc1ccc(Cl)c(OCC(O)CNCCOc2cccc(C3=NNC(=O)CC3C)c2)c1. The lowest BCUT2D eigenvalue weighted by molar-refractivity contribution is -0.121. The Balaban J connectivity index is 1.38. The zero-order chi connectivity index (χ0) is 22.2. The van der Waals surface area contributed by atoms with Gasteiger partial charge in [-0.2, -0.15) is 5.10 Å². The second-order valence-corrected chi connectivity index (χ2v) is 8.02. The maximum absolute atomic E-state index is 11.4. The van der Waals surface area contributed by atoms with Crippen molar-refractivity contribution in [2.75, 3.05) is 26.3 Å². The van der Waals surface area contributed by atoms with Gasteiger partial charge in [0.05, 0.1) is 10.7 Å². The van der Waals surface area contributed by atoms with Crippen LogP contribution in [0.4, 0.5) is 0 Å². The van der Waals surface area contributed by atoms with Gasteiger partial charge in [0.1, 0.15) is 30.8 Å². The largest absolute Gasteiger partial charge is 0.492 e. The van der Waals surface area contributed by atoms with Crippen LogP contribution in [-0.4, -0.2) is 49.1 Å². The van der Waals surface area contributed by atoms with E-state index < -0.39 is 6.10 Å². The predicted molar refractivity (Wildman–Crippen MR) is 121 cm³/mol.